The highest BCUT2D eigenvalue weighted by Crippen LogP contribution is 2.21. The maximum absolute atomic E-state index is 11.0. The summed E-state index contributed by atoms with van der Waals surface area (Å²) in [6.45, 7) is 6.73. The Kier molecular flexibility index (Phi) is 7.19. The fraction of sp³-hybridized carbons (Fsp3) is 1.00. The Morgan fingerprint density at radius 2 is 1.94 bits per heavy atom. The molecule has 0 aliphatic carbocycles. The molecule has 0 aromatic carbocycles. The number of nitrogens with one attached hydrogen (secondary N) is 1. The minimum absolute atomic E-state index is 0.137. The molecule has 0 saturated heterocycles. The molecule has 0 aromatic heterocycles. The van der Waals surface area contributed by atoms with E-state index in [1.807, 2.05) is 0 Å². The number of methoxy groups -OCH3 is 1. The average Bonchev–Trinajstić information content (AvgIpc) is 2.10. The molecule has 98 valence electrons. The van der Waals surface area contributed by atoms with E-state index in [0.29, 0.717) is 6.61 Å². The molecule has 0 bridgehead atoms. The van der Waals surface area contributed by atoms with Crippen molar-refractivity contribution in [3.05, 3.63) is 0 Å². The molecular weight excluding hydrogens is 226 g/mol. The smallest absolute Gasteiger partial charge is 0.147 e. The summed E-state index contributed by atoms with van der Waals surface area (Å²) in [5, 5.41) is 3.30. The van der Waals surface area contributed by atoms with Crippen LogP contribution in [0, 0.1) is 5.41 Å². The molecule has 1 N–H and O–H groups in total. The monoisotopic (exact) mass is 251 g/mol. The van der Waals surface area contributed by atoms with Crippen LogP contribution in [0.2, 0.25) is 0 Å². The van der Waals surface area contributed by atoms with E-state index < -0.39 is 9.84 Å². The largest absolute Gasteiger partial charge is 0.383 e. The maximum Gasteiger partial charge on any atom is 0.147 e. The molecular formula is C11H25NO3S. The van der Waals surface area contributed by atoms with Gasteiger partial charge in [-0.25, -0.2) is 8.42 Å². The summed E-state index contributed by atoms with van der Waals surface area (Å²) in [5.41, 5.74) is 0.137. The zero-order valence-electron chi connectivity index (χ0n) is 10.9. The minimum Gasteiger partial charge on any atom is -0.383 e. The van der Waals surface area contributed by atoms with Crippen molar-refractivity contribution in [3.8, 4) is 0 Å². The fourth-order valence-corrected chi connectivity index (χ4v) is 2.17. The average molecular weight is 251 g/mol. The fourth-order valence-electron chi connectivity index (χ4n) is 1.50. The van der Waals surface area contributed by atoms with Gasteiger partial charge >= 0.3 is 0 Å². The van der Waals surface area contributed by atoms with E-state index in [2.05, 4.69) is 19.2 Å². The first kappa shape index (κ1) is 15.9. The summed E-state index contributed by atoms with van der Waals surface area (Å²) >= 11 is 0. The van der Waals surface area contributed by atoms with Crippen molar-refractivity contribution in [3.63, 3.8) is 0 Å². The van der Waals surface area contributed by atoms with Crippen molar-refractivity contribution < 1.29 is 13.2 Å². The van der Waals surface area contributed by atoms with Crippen molar-refractivity contribution in [1.29, 1.82) is 0 Å². The zero-order chi connectivity index (χ0) is 12.7. The second kappa shape index (κ2) is 7.25. The highest BCUT2D eigenvalue weighted by Gasteiger charge is 2.17. The summed E-state index contributed by atoms with van der Waals surface area (Å²) in [7, 11) is -1.14. The first-order valence-electron chi connectivity index (χ1n) is 5.64. The number of sulfone groups is 1. The molecule has 0 aliphatic heterocycles. The van der Waals surface area contributed by atoms with Crippen LogP contribution in [0.15, 0.2) is 0 Å². The van der Waals surface area contributed by atoms with E-state index in [1.54, 1.807) is 7.11 Å². The lowest BCUT2D eigenvalue weighted by Gasteiger charge is -2.24. The van der Waals surface area contributed by atoms with Gasteiger partial charge in [0.25, 0.3) is 0 Å². The summed E-state index contributed by atoms with van der Waals surface area (Å²) < 4.78 is 26.9. The van der Waals surface area contributed by atoms with E-state index in [9.17, 15) is 8.42 Å². The molecule has 0 saturated carbocycles. The van der Waals surface area contributed by atoms with E-state index in [-0.39, 0.29) is 11.2 Å². The van der Waals surface area contributed by atoms with E-state index in [0.717, 1.165) is 25.9 Å². The highest BCUT2D eigenvalue weighted by molar-refractivity contribution is 7.90. The molecule has 0 atom stereocenters. The summed E-state index contributed by atoms with van der Waals surface area (Å²) in [6.07, 6.45) is 2.94. The van der Waals surface area contributed by atoms with Gasteiger partial charge in [-0.15, -0.1) is 0 Å². The molecule has 0 spiro atoms. The van der Waals surface area contributed by atoms with Gasteiger partial charge in [0.15, 0.2) is 0 Å². The minimum atomic E-state index is -2.82. The Labute approximate surface area is 99.7 Å². The van der Waals surface area contributed by atoms with Gasteiger partial charge in [0.1, 0.15) is 9.84 Å². The quantitative estimate of drug-likeness (QED) is 0.623. The molecule has 0 heterocycles. The van der Waals surface area contributed by atoms with Gasteiger partial charge in [0.2, 0.25) is 0 Å². The predicted molar refractivity (Wildman–Crippen MR) is 67.5 cm³/mol. The molecule has 0 fully saturated rings. The summed E-state index contributed by atoms with van der Waals surface area (Å²) in [6, 6.07) is 0. The second-order valence-corrected chi connectivity index (χ2v) is 7.33. The third kappa shape index (κ3) is 10.4. The molecule has 0 rings (SSSR count). The van der Waals surface area contributed by atoms with Crippen molar-refractivity contribution in [1.82, 2.24) is 5.32 Å². The molecule has 0 aliphatic rings. The molecule has 16 heavy (non-hydrogen) atoms. The highest BCUT2D eigenvalue weighted by atomic mass is 32.2. The zero-order valence-corrected chi connectivity index (χ0v) is 11.7. The summed E-state index contributed by atoms with van der Waals surface area (Å²) in [5.74, 6) is 0.286. The van der Waals surface area contributed by atoms with Crippen molar-refractivity contribution in [2.45, 2.75) is 26.7 Å². The van der Waals surface area contributed by atoms with Gasteiger partial charge in [-0.2, -0.15) is 0 Å². The molecule has 0 unspecified atom stereocenters. The van der Waals surface area contributed by atoms with Gasteiger partial charge in [-0.3, -0.25) is 0 Å². The van der Waals surface area contributed by atoms with E-state index in [1.165, 1.54) is 6.26 Å². The predicted octanol–water partition coefficient (Wildman–Crippen LogP) is 1.07. The Balaban J connectivity index is 3.70. The second-order valence-electron chi connectivity index (χ2n) is 5.07. The van der Waals surface area contributed by atoms with Gasteiger partial charge in [0.05, 0.1) is 6.61 Å². The lowest BCUT2D eigenvalue weighted by atomic mass is 9.88. The van der Waals surface area contributed by atoms with Crippen LogP contribution in [0.4, 0.5) is 0 Å². The number of hydrogen-bond acceptors (Lipinski definition) is 4. The van der Waals surface area contributed by atoms with Crippen LogP contribution in [-0.4, -0.2) is 47.2 Å². The van der Waals surface area contributed by atoms with Crippen LogP contribution in [0.3, 0.4) is 0 Å². The van der Waals surface area contributed by atoms with Gasteiger partial charge in [0, 0.05) is 32.2 Å². The van der Waals surface area contributed by atoms with Gasteiger partial charge in [-0.05, 0) is 18.3 Å². The van der Waals surface area contributed by atoms with Crippen LogP contribution >= 0.6 is 0 Å². The molecule has 0 radical (unpaired) electrons. The van der Waals surface area contributed by atoms with Crippen molar-refractivity contribution in [2.75, 3.05) is 38.8 Å². The number of hydrogen-bond donors (Lipinski definition) is 1. The lowest BCUT2D eigenvalue weighted by molar-refractivity contribution is 0.192. The van der Waals surface area contributed by atoms with Crippen LogP contribution in [-0.2, 0) is 14.6 Å². The first-order valence-corrected chi connectivity index (χ1v) is 7.70. The van der Waals surface area contributed by atoms with Crippen LogP contribution in [0.5, 0.6) is 0 Å². The van der Waals surface area contributed by atoms with Crippen LogP contribution in [0.25, 0.3) is 0 Å². The lowest BCUT2D eigenvalue weighted by Crippen LogP contribution is -2.31. The third-order valence-corrected chi connectivity index (χ3v) is 3.49. The Bertz CT molecular complexity index is 273. The Morgan fingerprint density at radius 3 is 2.44 bits per heavy atom. The van der Waals surface area contributed by atoms with E-state index in [4.69, 9.17) is 4.74 Å². The van der Waals surface area contributed by atoms with Crippen molar-refractivity contribution >= 4 is 9.84 Å². The molecule has 4 nitrogen and oxygen atoms in total. The third-order valence-electron chi connectivity index (χ3n) is 2.46. The molecule has 0 aromatic rings. The SMILES string of the molecule is COCCNCC(C)(C)CCCS(C)(=O)=O. The van der Waals surface area contributed by atoms with Gasteiger partial charge < -0.3 is 10.1 Å². The number of ether oxygens (including phenoxy) is 1. The van der Waals surface area contributed by atoms with Gasteiger partial charge in [-0.1, -0.05) is 13.8 Å². The first-order chi connectivity index (χ1) is 7.27. The Hall–Kier alpha value is -0.130. The topological polar surface area (TPSA) is 55.4 Å². The van der Waals surface area contributed by atoms with Crippen LogP contribution in [0.1, 0.15) is 26.7 Å². The standard InChI is InChI=1S/C11H25NO3S/c1-11(2,10-12-7-8-15-3)6-5-9-16(4,13)14/h12H,5-10H2,1-4H3. The Morgan fingerprint density at radius 1 is 1.31 bits per heavy atom. The van der Waals surface area contributed by atoms with Crippen molar-refractivity contribution in [2.24, 2.45) is 5.41 Å². The van der Waals surface area contributed by atoms with E-state index >= 15 is 0 Å². The van der Waals surface area contributed by atoms with Crippen LogP contribution < -0.4 is 5.32 Å². The maximum atomic E-state index is 11.0. The molecule has 0 amide bonds. The molecule has 5 heteroatoms. The summed E-state index contributed by atoms with van der Waals surface area (Å²) in [4.78, 5) is 0. The normalized spacial score (nSPS) is 13.0. The number of rotatable bonds is 9.